The lowest BCUT2D eigenvalue weighted by molar-refractivity contribution is 0.102. The molecule has 2 heterocycles. The minimum atomic E-state index is -0.687. The number of carbonyl (C=O) groups is 1. The second kappa shape index (κ2) is 11.6. The Balaban J connectivity index is 1.17. The molecule has 3 aromatic carbocycles. The summed E-state index contributed by atoms with van der Waals surface area (Å²) in [7, 11) is 1.70. The largest absolute Gasteiger partial charge is 0.493 e. The Bertz CT molecular complexity index is 1930. The zero-order valence-corrected chi connectivity index (χ0v) is 24.8. The van der Waals surface area contributed by atoms with Gasteiger partial charge in [-0.25, -0.2) is 9.07 Å². The summed E-state index contributed by atoms with van der Waals surface area (Å²) in [5.74, 6) is -0.247. The molecule has 226 valence electrons. The van der Waals surface area contributed by atoms with Gasteiger partial charge in [-0.2, -0.15) is 0 Å². The van der Waals surface area contributed by atoms with E-state index in [-0.39, 0.29) is 17.0 Å². The zero-order chi connectivity index (χ0) is 31.0. The van der Waals surface area contributed by atoms with Crippen LogP contribution in [-0.4, -0.2) is 37.6 Å². The van der Waals surface area contributed by atoms with Crippen LogP contribution in [0.2, 0.25) is 0 Å². The van der Waals surface area contributed by atoms with Crippen molar-refractivity contribution in [2.45, 2.75) is 45.1 Å². The van der Waals surface area contributed by atoms with Crippen molar-refractivity contribution in [1.82, 2.24) is 14.3 Å². The Morgan fingerprint density at radius 2 is 1.82 bits per heavy atom. The number of hydrogen-bond donors (Lipinski definition) is 2. The molecule has 1 saturated carbocycles. The van der Waals surface area contributed by atoms with Gasteiger partial charge in [0, 0.05) is 36.5 Å². The molecule has 0 saturated heterocycles. The van der Waals surface area contributed by atoms with Crippen molar-refractivity contribution in [2.75, 3.05) is 11.9 Å². The van der Waals surface area contributed by atoms with E-state index >= 15 is 4.39 Å². The summed E-state index contributed by atoms with van der Waals surface area (Å²) in [5, 5.41) is 13.4. The molecule has 1 aliphatic rings. The molecule has 9 nitrogen and oxygen atoms in total. The lowest BCUT2D eigenvalue weighted by Gasteiger charge is -2.14. The van der Waals surface area contributed by atoms with E-state index in [1.54, 1.807) is 43.0 Å². The van der Waals surface area contributed by atoms with Crippen LogP contribution in [0, 0.1) is 19.7 Å². The second-order valence-electron chi connectivity index (χ2n) is 11.3. The SMILES string of the molecule is Cc1cc2c(Oc3ccc(NC(=O)c4c(C)n(C)n(-c5ccccc5)c4=O)cc3F)ccnc2cc1OCCCC1(O)CC1. The quantitative estimate of drug-likeness (QED) is 0.186. The molecule has 1 aliphatic carbocycles. The fourth-order valence-corrected chi connectivity index (χ4v) is 5.28. The monoisotopic (exact) mass is 596 g/mol. The molecule has 0 aliphatic heterocycles. The van der Waals surface area contributed by atoms with E-state index in [4.69, 9.17) is 9.47 Å². The molecule has 0 bridgehead atoms. The number of anilines is 1. The topological polar surface area (TPSA) is 108 Å². The number of pyridine rings is 1. The van der Waals surface area contributed by atoms with Crippen LogP contribution in [0.4, 0.5) is 10.1 Å². The van der Waals surface area contributed by atoms with Gasteiger partial charge in [0.2, 0.25) is 0 Å². The van der Waals surface area contributed by atoms with Gasteiger partial charge in [-0.3, -0.25) is 19.3 Å². The van der Waals surface area contributed by atoms with Gasteiger partial charge in [0.05, 0.1) is 29.1 Å². The van der Waals surface area contributed by atoms with Crippen LogP contribution in [0.3, 0.4) is 0 Å². The highest BCUT2D eigenvalue weighted by molar-refractivity contribution is 6.05. The summed E-state index contributed by atoms with van der Waals surface area (Å²) in [4.78, 5) is 30.8. The molecule has 0 radical (unpaired) electrons. The van der Waals surface area contributed by atoms with Crippen molar-refractivity contribution >= 4 is 22.5 Å². The van der Waals surface area contributed by atoms with Gasteiger partial charge in [-0.1, -0.05) is 18.2 Å². The average Bonchev–Trinajstić information content (AvgIpc) is 3.69. The first-order chi connectivity index (χ1) is 21.1. The van der Waals surface area contributed by atoms with Crippen LogP contribution in [0.15, 0.2) is 77.7 Å². The number of nitrogens with zero attached hydrogens (tertiary/aromatic N) is 3. The third kappa shape index (κ3) is 5.80. The van der Waals surface area contributed by atoms with E-state index in [1.165, 1.54) is 16.8 Å². The van der Waals surface area contributed by atoms with Crippen molar-refractivity contribution in [1.29, 1.82) is 0 Å². The Hall–Kier alpha value is -4.96. The molecular formula is C34H33FN4O5. The van der Waals surface area contributed by atoms with Crippen molar-refractivity contribution in [3.63, 3.8) is 0 Å². The molecule has 10 heteroatoms. The van der Waals surface area contributed by atoms with Crippen LogP contribution >= 0.6 is 0 Å². The number of amides is 1. The number of para-hydroxylation sites is 1. The van der Waals surface area contributed by atoms with E-state index < -0.39 is 22.9 Å². The summed E-state index contributed by atoms with van der Waals surface area (Å²) < 4.78 is 30.2. The fourth-order valence-electron chi connectivity index (χ4n) is 5.28. The summed E-state index contributed by atoms with van der Waals surface area (Å²) in [6, 6.07) is 18.5. The Labute approximate surface area is 253 Å². The summed E-state index contributed by atoms with van der Waals surface area (Å²) in [6.07, 6.45) is 4.78. The number of ether oxygens (including phenoxy) is 2. The number of aromatic nitrogens is 3. The Kier molecular flexibility index (Phi) is 7.69. The maximum atomic E-state index is 15.2. The number of aliphatic hydroxyl groups is 1. The van der Waals surface area contributed by atoms with Crippen LogP contribution in [-0.2, 0) is 7.05 Å². The first-order valence-electron chi connectivity index (χ1n) is 14.5. The summed E-state index contributed by atoms with van der Waals surface area (Å²) >= 11 is 0. The first kappa shape index (κ1) is 29.1. The van der Waals surface area contributed by atoms with Crippen LogP contribution in [0.25, 0.3) is 16.6 Å². The summed E-state index contributed by atoms with van der Waals surface area (Å²) in [6.45, 7) is 4.09. The zero-order valence-electron chi connectivity index (χ0n) is 24.8. The minimum absolute atomic E-state index is 0.0284. The van der Waals surface area contributed by atoms with Gasteiger partial charge >= 0.3 is 0 Å². The van der Waals surface area contributed by atoms with E-state index in [0.29, 0.717) is 40.4 Å². The van der Waals surface area contributed by atoms with Gasteiger partial charge in [-0.05, 0) is 81.5 Å². The standard InChI is InChI=1S/C34H33FN4O5/c1-21-18-25-27(20-30(21)43-17-7-13-34(42)14-15-34)36-16-12-28(25)44-29-11-10-23(19-26(29)35)37-32(40)31-22(2)38(3)39(33(31)41)24-8-5-4-6-9-24/h4-6,8-12,16,18-20,42H,7,13-15,17H2,1-3H3,(H,37,40). The van der Waals surface area contributed by atoms with Gasteiger partial charge in [0.15, 0.2) is 11.6 Å². The van der Waals surface area contributed by atoms with Crippen molar-refractivity contribution in [3.05, 3.63) is 106 Å². The molecule has 2 aromatic heterocycles. The predicted molar refractivity (Wildman–Crippen MR) is 166 cm³/mol. The van der Waals surface area contributed by atoms with Crippen molar-refractivity contribution in [2.24, 2.45) is 7.05 Å². The minimum Gasteiger partial charge on any atom is -0.493 e. The number of benzene rings is 3. The molecule has 1 fully saturated rings. The van der Waals surface area contributed by atoms with E-state index in [0.717, 1.165) is 37.3 Å². The number of carbonyl (C=O) groups excluding carboxylic acids is 1. The van der Waals surface area contributed by atoms with Crippen molar-refractivity contribution in [3.8, 4) is 22.9 Å². The van der Waals surface area contributed by atoms with Crippen LogP contribution in [0.1, 0.15) is 47.3 Å². The number of halogens is 1. The molecule has 0 unspecified atom stereocenters. The highest BCUT2D eigenvalue weighted by Gasteiger charge is 2.39. The highest BCUT2D eigenvalue weighted by atomic mass is 19.1. The summed E-state index contributed by atoms with van der Waals surface area (Å²) in [5.41, 5.74) is 1.79. The Morgan fingerprint density at radius 1 is 1.05 bits per heavy atom. The molecule has 1 amide bonds. The molecule has 2 N–H and O–H groups in total. The first-order valence-corrected chi connectivity index (χ1v) is 14.5. The third-order valence-electron chi connectivity index (χ3n) is 8.06. The average molecular weight is 597 g/mol. The van der Waals surface area contributed by atoms with E-state index in [2.05, 4.69) is 10.3 Å². The van der Waals surface area contributed by atoms with Crippen molar-refractivity contribution < 1.29 is 23.8 Å². The van der Waals surface area contributed by atoms with Gasteiger partial charge in [0.25, 0.3) is 11.5 Å². The fraction of sp³-hybridized carbons (Fsp3) is 0.265. The molecule has 44 heavy (non-hydrogen) atoms. The van der Waals surface area contributed by atoms with E-state index in [1.807, 2.05) is 37.3 Å². The smallest absolute Gasteiger partial charge is 0.284 e. The number of rotatable bonds is 10. The van der Waals surface area contributed by atoms with Gasteiger partial charge in [0.1, 0.15) is 17.1 Å². The van der Waals surface area contributed by atoms with Crippen LogP contribution < -0.4 is 20.3 Å². The number of nitrogens with one attached hydrogen (secondary N) is 1. The van der Waals surface area contributed by atoms with Gasteiger partial charge < -0.3 is 19.9 Å². The second-order valence-corrected chi connectivity index (χ2v) is 11.3. The van der Waals surface area contributed by atoms with Gasteiger partial charge in [-0.15, -0.1) is 0 Å². The highest BCUT2D eigenvalue weighted by Crippen LogP contribution is 2.39. The predicted octanol–water partition coefficient (Wildman–Crippen LogP) is 6.21. The Morgan fingerprint density at radius 3 is 2.55 bits per heavy atom. The molecule has 0 spiro atoms. The third-order valence-corrected chi connectivity index (χ3v) is 8.06. The maximum absolute atomic E-state index is 15.2. The van der Waals surface area contributed by atoms with Crippen LogP contribution in [0.5, 0.6) is 17.2 Å². The number of hydrogen-bond acceptors (Lipinski definition) is 6. The molecule has 0 atom stereocenters. The molecule has 5 aromatic rings. The lowest BCUT2D eigenvalue weighted by Crippen LogP contribution is -2.25. The number of fused-ring (bicyclic) bond motifs is 1. The molecule has 6 rings (SSSR count). The number of aryl methyl sites for hydroxylation is 1. The maximum Gasteiger partial charge on any atom is 0.284 e. The lowest BCUT2D eigenvalue weighted by atomic mass is 10.1. The normalized spacial score (nSPS) is 13.6. The molecular weight excluding hydrogens is 563 g/mol. The van der Waals surface area contributed by atoms with E-state index in [9.17, 15) is 14.7 Å².